The number of likely N-dealkylation sites (tertiary alicyclic amines) is 1. The molecule has 0 aliphatic carbocycles. The Morgan fingerprint density at radius 2 is 1.77 bits per heavy atom. The number of nitriles is 1. The van der Waals surface area contributed by atoms with Crippen molar-refractivity contribution in [2.75, 3.05) is 31.1 Å². The Hall–Kier alpha value is -3.68. The smallest absolute Gasteiger partial charge is 0.228 e. The molecule has 0 radical (unpaired) electrons. The molecule has 1 N–H and O–H groups in total. The van der Waals surface area contributed by atoms with Crippen molar-refractivity contribution in [1.29, 1.82) is 5.26 Å². The summed E-state index contributed by atoms with van der Waals surface area (Å²) in [6.45, 7) is 4.78. The molecule has 8 nitrogen and oxygen atoms in total. The molecular weight excluding hydrogens is 526 g/mol. The first kappa shape index (κ1) is 26.9. The van der Waals surface area contributed by atoms with Crippen LogP contribution < -0.4 is 4.90 Å². The van der Waals surface area contributed by atoms with Crippen LogP contribution >= 0.6 is 11.6 Å². The Morgan fingerprint density at radius 3 is 2.36 bits per heavy atom. The van der Waals surface area contributed by atoms with Gasteiger partial charge in [-0.25, -0.2) is 8.78 Å². The fourth-order valence-electron chi connectivity index (χ4n) is 5.97. The summed E-state index contributed by atoms with van der Waals surface area (Å²) < 4.78 is 28.6. The molecule has 202 valence electrons. The molecule has 5 rings (SSSR count). The Morgan fingerprint density at radius 1 is 1.08 bits per heavy atom. The molecular formula is C28H27ClF2N6O2. The zero-order valence-electron chi connectivity index (χ0n) is 21.4. The SMILES string of the molecule is C[C@@H]1CN(C(=O)[C@@H]2CN(c3ccc(C#N)nn3)C[C@H]2c2ncc(Cl)cc2F)C[C@H](C)[C@]1(O)c1ccc(F)cc1. The molecule has 1 amide bonds. The fraction of sp³-hybridized carbons (Fsp3) is 0.393. The van der Waals surface area contributed by atoms with E-state index in [1.54, 1.807) is 23.1 Å². The van der Waals surface area contributed by atoms with Crippen LogP contribution in [0.1, 0.15) is 36.7 Å². The van der Waals surface area contributed by atoms with E-state index in [0.29, 0.717) is 11.4 Å². The largest absolute Gasteiger partial charge is 0.384 e. The van der Waals surface area contributed by atoms with Gasteiger partial charge in [0.1, 0.15) is 17.7 Å². The summed E-state index contributed by atoms with van der Waals surface area (Å²) in [4.78, 5) is 21.8. The Labute approximate surface area is 229 Å². The van der Waals surface area contributed by atoms with Crippen molar-refractivity contribution in [1.82, 2.24) is 20.1 Å². The number of nitrogens with zero attached hydrogens (tertiary/aromatic N) is 6. The molecule has 0 spiro atoms. The number of carbonyl (C=O) groups is 1. The summed E-state index contributed by atoms with van der Waals surface area (Å²) in [6, 6.07) is 12.1. The number of hydrogen-bond acceptors (Lipinski definition) is 7. The summed E-state index contributed by atoms with van der Waals surface area (Å²) in [5, 5.41) is 28.9. The first-order chi connectivity index (χ1) is 18.6. The molecule has 2 fully saturated rings. The second kappa shape index (κ2) is 10.5. The average Bonchev–Trinajstić information content (AvgIpc) is 3.36. The van der Waals surface area contributed by atoms with Crippen LogP contribution in [-0.4, -0.2) is 57.3 Å². The van der Waals surface area contributed by atoms with Gasteiger partial charge in [-0.05, 0) is 35.9 Å². The maximum absolute atomic E-state index is 15.0. The second-order valence-electron chi connectivity index (χ2n) is 10.4. The van der Waals surface area contributed by atoms with Crippen LogP contribution in [0.3, 0.4) is 0 Å². The minimum absolute atomic E-state index is 0.141. The highest BCUT2D eigenvalue weighted by molar-refractivity contribution is 6.30. The molecule has 3 aromatic rings. The molecule has 0 bridgehead atoms. The van der Waals surface area contributed by atoms with Gasteiger partial charge in [-0.15, -0.1) is 10.2 Å². The van der Waals surface area contributed by atoms with E-state index >= 15 is 4.39 Å². The van der Waals surface area contributed by atoms with Gasteiger partial charge in [0.15, 0.2) is 11.5 Å². The van der Waals surface area contributed by atoms with Gasteiger partial charge in [0.05, 0.1) is 22.2 Å². The van der Waals surface area contributed by atoms with E-state index in [1.807, 2.05) is 24.8 Å². The van der Waals surface area contributed by atoms with Crippen LogP contribution in [-0.2, 0) is 10.4 Å². The van der Waals surface area contributed by atoms with Crippen molar-refractivity contribution in [3.63, 3.8) is 0 Å². The van der Waals surface area contributed by atoms with Crippen LogP contribution in [0.4, 0.5) is 14.6 Å². The molecule has 2 aliphatic rings. The van der Waals surface area contributed by atoms with Gasteiger partial charge < -0.3 is 14.9 Å². The molecule has 11 heteroatoms. The highest BCUT2D eigenvalue weighted by atomic mass is 35.5. The van der Waals surface area contributed by atoms with Crippen molar-refractivity contribution < 1.29 is 18.7 Å². The van der Waals surface area contributed by atoms with Crippen molar-refractivity contribution >= 4 is 23.3 Å². The van der Waals surface area contributed by atoms with E-state index in [1.165, 1.54) is 30.5 Å². The summed E-state index contributed by atoms with van der Waals surface area (Å²) >= 11 is 5.94. The van der Waals surface area contributed by atoms with Crippen LogP contribution in [0, 0.1) is 40.7 Å². The molecule has 0 unspecified atom stereocenters. The topological polar surface area (TPSA) is 106 Å². The Balaban J connectivity index is 1.43. The highest BCUT2D eigenvalue weighted by Crippen LogP contribution is 2.43. The number of pyridine rings is 1. The second-order valence-corrected chi connectivity index (χ2v) is 10.8. The molecule has 1 aromatic carbocycles. The Kier molecular flexibility index (Phi) is 7.23. The number of rotatable bonds is 4. The number of hydrogen-bond donors (Lipinski definition) is 1. The monoisotopic (exact) mass is 552 g/mol. The maximum atomic E-state index is 15.0. The van der Waals surface area contributed by atoms with E-state index in [4.69, 9.17) is 16.9 Å². The molecule has 2 saturated heterocycles. The van der Waals surface area contributed by atoms with Crippen LogP contribution in [0.5, 0.6) is 0 Å². The van der Waals surface area contributed by atoms with Gasteiger partial charge in [-0.1, -0.05) is 37.6 Å². The lowest BCUT2D eigenvalue weighted by Gasteiger charge is -2.48. The quantitative estimate of drug-likeness (QED) is 0.523. The zero-order valence-corrected chi connectivity index (χ0v) is 22.2. The van der Waals surface area contributed by atoms with E-state index in [9.17, 15) is 14.3 Å². The van der Waals surface area contributed by atoms with E-state index in [2.05, 4.69) is 15.2 Å². The Bertz CT molecular complexity index is 1400. The third kappa shape index (κ3) is 4.92. The number of amides is 1. The lowest BCUT2D eigenvalue weighted by atomic mass is 9.70. The predicted octanol–water partition coefficient (Wildman–Crippen LogP) is 3.90. The summed E-state index contributed by atoms with van der Waals surface area (Å²) in [6.07, 6.45) is 1.36. The molecule has 2 aliphatic heterocycles. The first-order valence-corrected chi connectivity index (χ1v) is 13.1. The van der Waals surface area contributed by atoms with Gasteiger partial charge in [0.2, 0.25) is 5.91 Å². The lowest BCUT2D eigenvalue weighted by Crippen LogP contribution is -2.57. The molecule has 39 heavy (non-hydrogen) atoms. The van der Waals surface area contributed by atoms with E-state index in [-0.39, 0.29) is 66.1 Å². The minimum atomic E-state index is -1.24. The maximum Gasteiger partial charge on any atom is 0.228 e. The number of piperidine rings is 1. The van der Waals surface area contributed by atoms with Crippen molar-refractivity contribution in [2.24, 2.45) is 17.8 Å². The van der Waals surface area contributed by atoms with Crippen LogP contribution in [0.25, 0.3) is 0 Å². The van der Waals surface area contributed by atoms with Crippen molar-refractivity contribution in [3.05, 3.63) is 82.3 Å². The van der Waals surface area contributed by atoms with Crippen molar-refractivity contribution in [3.8, 4) is 6.07 Å². The van der Waals surface area contributed by atoms with Gasteiger partial charge in [-0.2, -0.15) is 5.26 Å². The highest BCUT2D eigenvalue weighted by Gasteiger charge is 2.49. The lowest BCUT2D eigenvalue weighted by molar-refractivity contribution is -0.152. The number of aliphatic hydroxyl groups is 1. The number of aromatic nitrogens is 3. The fourth-order valence-corrected chi connectivity index (χ4v) is 6.11. The first-order valence-electron chi connectivity index (χ1n) is 12.7. The van der Waals surface area contributed by atoms with Gasteiger partial charge >= 0.3 is 0 Å². The van der Waals surface area contributed by atoms with Crippen LogP contribution in [0.2, 0.25) is 5.02 Å². The third-order valence-corrected chi connectivity index (χ3v) is 8.23. The zero-order chi connectivity index (χ0) is 27.9. The molecule has 2 aromatic heterocycles. The minimum Gasteiger partial charge on any atom is -0.384 e. The number of carbonyl (C=O) groups excluding carboxylic acids is 1. The number of anilines is 1. The average molecular weight is 553 g/mol. The molecule has 4 heterocycles. The van der Waals surface area contributed by atoms with E-state index in [0.717, 1.165) is 0 Å². The number of halogens is 3. The number of benzene rings is 1. The normalized spacial score (nSPS) is 26.9. The van der Waals surface area contributed by atoms with Gasteiger partial charge in [0, 0.05) is 50.1 Å². The third-order valence-electron chi connectivity index (χ3n) is 8.02. The van der Waals surface area contributed by atoms with Gasteiger partial charge in [0.25, 0.3) is 0 Å². The van der Waals surface area contributed by atoms with Crippen molar-refractivity contribution in [2.45, 2.75) is 25.4 Å². The molecule has 0 saturated carbocycles. The summed E-state index contributed by atoms with van der Waals surface area (Å²) in [7, 11) is 0. The summed E-state index contributed by atoms with van der Waals surface area (Å²) in [5.74, 6) is -2.62. The van der Waals surface area contributed by atoms with E-state index < -0.39 is 23.3 Å². The van der Waals surface area contributed by atoms with Crippen LogP contribution in [0.15, 0.2) is 48.7 Å². The molecule has 5 atom stereocenters. The predicted molar refractivity (Wildman–Crippen MR) is 140 cm³/mol. The standard InChI is InChI=1S/C28H27ClF2N6O2/c1-16-12-37(13-17(2)28(16,39)18-3-5-20(30)6-4-18)27(38)23-15-36(25-8-7-21(10-32)34-35-25)14-22(23)26-24(31)9-19(29)11-33-26/h3-9,11,16-17,22-23,39H,12-15H2,1-2H3/t16-,17+,22-,23-,28+/m1/s1. The summed E-state index contributed by atoms with van der Waals surface area (Å²) in [5.41, 5.74) is -0.332. The van der Waals surface area contributed by atoms with Gasteiger partial charge in [-0.3, -0.25) is 9.78 Å².